The molecule has 0 aliphatic heterocycles. The molecule has 0 bridgehead atoms. The Morgan fingerprint density at radius 2 is 1.63 bits per heavy atom. The van der Waals surface area contributed by atoms with Crippen molar-refractivity contribution in [2.24, 2.45) is 0 Å². The molecule has 146 valence electrons. The molecule has 2 aromatic rings. The van der Waals surface area contributed by atoms with E-state index < -0.39 is 0 Å². The van der Waals surface area contributed by atoms with Gasteiger partial charge in [0.2, 0.25) is 5.91 Å². The number of hydrogen-bond donors (Lipinski definition) is 2. The molecule has 0 unspecified atom stereocenters. The molecule has 2 N–H and O–H groups in total. The number of hydrogen-bond acceptors (Lipinski definition) is 5. The molecule has 0 saturated carbocycles. The van der Waals surface area contributed by atoms with Crippen molar-refractivity contribution >= 4 is 23.2 Å². The molecule has 0 saturated heterocycles. The lowest BCUT2D eigenvalue weighted by Gasteiger charge is -2.12. The van der Waals surface area contributed by atoms with Gasteiger partial charge in [-0.05, 0) is 50.6 Å². The van der Waals surface area contributed by atoms with Crippen molar-refractivity contribution in [2.75, 3.05) is 19.8 Å². The molecular weight excluding hydrogens is 364 g/mol. The molecule has 0 spiro atoms. The van der Waals surface area contributed by atoms with E-state index in [1.54, 1.807) is 29.5 Å². The lowest BCUT2D eigenvalue weighted by molar-refractivity contribution is -0.120. The zero-order valence-electron chi connectivity index (χ0n) is 16.0. The second-order valence-corrected chi connectivity index (χ2v) is 6.96. The highest BCUT2D eigenvalue weighted by Gasteiger charge is 2.12. The number of benzene rings is 1. The summed E-state index contributed by atoms with van der Waals surface area (Å²) in [6.07, 6.45) is 0.987. The number of aryl methyl sites for hydroxylation is 1. The van der Waals surface area contributed by atoms with Gasteiger partial charge in [0.25, 0.3) is 5.91 Å². The van der Waals surface area contributed by atoms with Gasteiger partial charge in [-0.3, -0.25) is 9.59 Å². The van der Waals surface area contributed by atoms with Gasteiger partial charge in [-0.1, -0.05) is 6.92 Å². The quantitative estimate of drug-likeness (QED) is 0.653. The third kappa shape index (κ3) is 6.29. The van der Waals surface area contributed by atoms with E-state index in [2.05, 4.69) is 23.6 Å². The molecule has 27 heavy (non-hydrogen) atoms. The van der Waals surface area contributed by atoms with Crippen LogP contribution in [0, 0.1) is 0 Å². The van der Waals surface area contributed by atoms with Gasteiger partial charge in [0.15, 0.2) is 11.5 Å². The topological polar surface area (TPSA) is 76.7 Å². The van der Waals surface area contributed by atoms with Crippen LogP contribution in [0.25, 0.3) is 0 Å². The maximum atomic E-state index is 12.3. The molecule has 1 aromatic carbocycles. The van der Waals surface area contributed by atoms with E-state index in [1.165, 1.54) is 4.88 Å². The minimum atomic E-state index is -0.335. The van der Waals surface area contributed by atoms with Crippen LogP contribution in [-0.2, 0) is 17.8 Å². The van der Waals surface area contributed by atoms with Crippen LogP contribution >= 0.6 is 11.3 Å². The van der Waals surface area contributed by atoms with Crippen molar-refractivity contribution in [3.63, 3.8) is 0 Å². The smallest absolute Gasteiger partial charge is 0.251 e. The fraction of sp³-hybridized carbons (Fsp3) is 0.400. The van der Waals surface area contributed by atoms with Gasteiger partial charge >= 0.3 is 0 Å². The molecule has 2 rings (SSSR count). The molecule has 0 atom stereocenters. The first-order chi connectivity index (χ1) is 13.1. The van der Waals surface area contributed by atoms with E-state index in [-0.39, 0.29) is 18.4 Å². The summed E-state index contributed by atoms with van der Waals surface area (Å²) in [6, 6.07) is 9.05. The molecular formula is C20H26N2O4S. The van der Waals surface area contributed by atoms with Crippen molar-refractivity contribution < 1.29 is 19.1 Å². The van der Waals surface area contributed by atoms with Crippen LogP contribution in [0.15, 0.2) is 30.3 Å². The van der Waals surface area contributed by atoms with Crippen molar-refractivity contribution in [2.45, 2.75) is 33.7 Å². The molecule has 2 amide bonds. The van der Waals surface area contributed by atoms with Crippen molar-refractivity contribution in [1.82, 2.24) is 10.6 Å². The number of rotatable bonds is 10. The minimum Gasteiger partial charge on any atom is -0.490 e. The summed E-state index contributed by atoms with van der Waals surface area (Å²) in [4.78, 5) is 26.7. The molecule has 6 nitrogen and oxygen atoms in total. The van der Waals surface area contributed by atoms with Gasteiger partial charge in [-0.15, -0.1) is 11.3 Å². The summed E-state index contributed by atoms with van der Waals surface area (Å²) in [5, 5.41) is 5.44. The summed E-state index contributed by atoms with van der Waals surface area (Å²) in [5.74, 6) is 0.543. The maximum absolute atomic E-state index is 12.3. The molecule has 1 heterocycles. The normalized spacial score (nSPS) is 10.3. The van der Waals surface area contributed by atoms with Crippen molar-refractivity contribution in [1.29, 1.82) is 0 Å². The number of carbonyl (C=O) groups excluding carboxylic acids is 2. The van der Waals surface area contributed by atoms with Gasteiger partial charge < -0.3 is 20.1 Å². The van der Waals surface area contributed by atoms with Gasteiger partial charge in [0, 0.05) is 15.3 Å². The van der Waals surface area contributed by atoms with Crippen LogP contribution in [0.4, 0.5) is 0 Å². The minimum absolute atomic E-state index is 0.0813. The van der Waals surface area contributed by atoms with Crippen LogP contribution in [-0.4, -0.2) is 31.6 Å². The zero-order valence-corrected chi connectivity index (χ0v) is 16.8. The Kier molecular flexibility index (Phi) is 8.13. The second-order valence-electron chi connectivity index (χ2n) is 5.71. The van der Waals surface area contributed by atoms with Gasteiger partial charge in [0.05, 0.1) is 26.3 Å². The third-order valence-electron chi connectivity index (χ3n) is 3.74. The molecule has 0 aliphatic carbocycles. The Morgan fingerprint density at radius 1 is 0.926 bits per heavy atom. The Morgan fingerprint density at radius 3 is 2.30 bits per heavy atom. The highest BCUT2D eigenvalue weighted by atomic mass is 32.1. The molecule has 7 heteroatoms. The Bertz CT molecular complexity index is 773. The Balaban J connectivity index is 1.86. The van der Waals surface area contributed by atoms with Crippen LogP contribution in [0.2, 0.25) is 0 Å². The summed E-state index contributed by atoms with van der Waals surface area (Å²) in [6.45, 7) is 7.21. The van der Waals surface area contributed by atoms with Crippen molar-refractivity contribution in [3.8, 4) is 11.5 Å². The van der Waals surface area contributed by atoms with Crippen molar-refractivity contribution in [3.05, 3.63) is 45.6 Å². The zero-order chi connectivity index (χ0) is 19.6. The van der Waals surface area contributed by atoms with Gasteiger partial charge in [0.1, 0.15) is 0 Å². The van der Waals surface area contributed by atoms with E-state index in [4.69, 9.17) is 9.47 Å². The predicted octanol–water partition coefficient (Wildman–Crippen LogP) is 3.15. The predicted molar refractivity (Wildman–Crippen MR) is 107 cm³/mol. The number of amides is 2. The van der Waals surface area contributed by atoms with E-state index in [1.807, 2.05) is 19.9 Å². The number of carbonyl (C=O) groups is 2. The number of ether oxygens (including phenoxy) is 2. The van der Waals surface area contributed by atoms with E-state index >= 15 is 0 Å². The first-order valence-electron chi connectivity index (χ1n) is 9.09. The fourth-order valence-corrected chi connectivity index (χ4v) is 3.31. The summed E-state index contributed by atoms with van der Waals surface area (Å²) >= 11 is 1.68. The first kappa shape index (κ1) is 20.8. The van der Waals surface area contributed by atoms with Crippen LogP contribution in [0.3, 0.4) is 0 Å². The maximum Gasteiger partial charge on any atom is 0.251 e. The van der Waals surface area contributed by atoms with Gasteiger partial charge in [-0.25, -0.2) is 0 Å². The molecule has 0 fully saturated rings. The number of nitrogens with one attached hydrogen (secondary N) is 2. The van der Waals surface area contributed by atoms with Crippen LogP contribution in [0.1, 0.15) is 40.9 Å². The Hall–Kier alpha value is -2.54. The highest BCUT2D eigenvalue weighted by molar-refractivity contribution is 7.11. The lowest BCUT2D eigenvalue weighted by Crippen LogP contribution is -2.36. The molecule has 0 radical (unpaired) electrons. The van der Waals surface area contributed by atoms with Gasteiger partial charge in [-0.2, -0.15) is 0 Å². The number of thiophene rings is 1. The summed E-state index contributed by atoms with van der Waals surface area (Å²) in [7, 11) is 0. The molecule has 0 aliphatic rings. The first-order valence-corrected chi connectivity index (χ1v) is 9.91. The monoisotopic (exact) mass is 390 g/mol. The van der Waals surface area contributed by atoms with Crippen LogP contribution in [0.5, 0.6) is 11.5 Å². The highest BCUT2D eigenvalue weighted by Crippen LogP contribution is 2.28. The summed E-state index contributed by atoms with van der Waals surface area (Å²) in [5.41, 5.74) is 0.417. The Labute approximate surface area is 163 Å². The van der Waals surface area contributed by atoms with E-state index in [9.17, 15) is 9.59 Å². The standard InChI is InChI=1S/C20H26N2O4S/c1-4-15-8-9-16(27-15)12-21-19(23)13-22-20(24)14-7-10-17(25-5-2)18(11-14)26-6-3/h7-11H,4-6,12-13H2,1-3H3,(H,21,23)(H,22,24). The third-order valence-corrected chi connectivity index (χ3v) is 4.97. The fourth-order valence-electron chi connectivity index (χ4n) is 2.41. The van der Waals surface area contributed by atoms with E-state index in [0.717, 1.165) is 11.3 Å². The van der Waals surface area contributed by atoms with Crippen LogP contribution < -0.4 is 20.1 Å². The lowest BCUT2D eigenvalue weighted by atomic mass is 10.2. The average molecular weight is 391 g/mol. The average Bonchev–Trinajstić information content (AvgIpc) is 3.14. The van der Waals surface area contributed by atoms with E-state index in [0.29, 0.717) is 36.8 Å². The second kappa shape index (κ2) is 10.6. The largest absolute Gasteiger partial charge is 0.490 e. The SMILES string of the molecule is CCOc1ccc(C(=O)NCC(=O)NCc2ccc(CC)s2)cc1OCC. The molecule has 1 aromatic heterocycles. The summed E-state index contributed by atoms with van der Waals surface area (Å²) < 4.78 is 11.0.